The maximum atomic E-state index is 13.3. The molecule has 0 radical (unpaired) electrons. The smallest absolute Gasteiger partial charge is 0.153 e. The molecule has 0 saturated carbocycles. The van der Waals surface area contributed by atoms with E-state index in [1.54, 1.807) is 12.1 Å². The average molecular weight is 327 g/mol. The molecule has 0 amide bonds. The minimum atomic E-state index is -0.513. The predicted octanol–water partition coefficient (Wildman–Crippen LogP) is 4.12. The van der Waals surface area contributed by atoms with Gasteiger partial charge in [0, 0.05) is 5.56 Å². The van der Waals surface area contributed by atoms with Gasteiger partial charge in [0.2, 0.25) is 0 Å². The van der Waals surface area contributed by atoms with Crippen LogP contribution < -0.4 is 4.74 Å². The van der Waals surface area contributed by atoms with Crippen molar-refractivity contribution in [3.05, 3.63) is 63.6 Å². The fourth-order valence-electron chi connectivity index (χ4n) is 1.56. The van der Waals surface area contributed by atoms with E-state index in [9.17, 15) is 13.6 Å². The van der Waals surface area contributed by atoms with E-state index in [0.29, 0.717) is 16.3 Å². The van der Waals surface area contributed by atoms with Gasteiger partial charge in [0.25, 0.3) is 0 Å². The number of halogens is 3. The molecule has 0 spiro atoms. The van der Waals surface area contributed by atoms with E-state index in [4.69, 9.17) is 4.74 Å². The van der Waals surface area contributed by atoms with E-state index >= 15 is 0 Å². The number of carbonyl (C=O) groups is 1. The second kappa shape index (κ2) is 5.93. The Morgan fingerprint density at radius 1 is 1.21 bits per heavy atom. The number of rotatable bonds is 4. The zero-order chi connectivity index (χ0) is 13.8. The fourth-order valence-corrected chi connectivity index (χ4v) is 1.94. The van der Waals surface area contributed by atoms with Crippen LogP contribution in [-0.2, 0) is 6.61 Å². The van der Waals surface area contributed by atoms with Gasteiger partial charge in [-0.05, 0) is 40.2 Å². The first kappa shape index (κ1) is 13.7. The Bertz CT molecular complexity index is 614. The van der Waals surface area contributed by atoms with E-state index in [1.807, 2.05) is 0 Å². The first-order valence-electron chi connectivity index (χ1n) is 5.42. The molecule has 2 aromatic rings. The summed E-state index contributed by atoms with van der Waals surface area (Å²) in [6, 6.07) is 8.22. The van der Waals surface area contributed by atoms with Crippen molar-refractivity contribution in [3.8, 4) is 5.75 Å². The number of benzene rings is 2. The molecule has 0 heterocycles. The molecule has 0 unspecified atom stereocenters. The van der Waals surface area contributed by atoms with Crippen LogP contribution in [0.1, 0.15) is 15.9 Å². The lowest BCUT2D eigenvalue weighted by molar-refractivity contribution is 0.111. The standard InChI is InChI=1S/C14H9BrF2O2/c15-14-9(2-1-3-12(14)17)8-19-13-5-4-11(16)6-10(13)7-18/h1-7H,8H2. The molecule has 0 fully saturated rings. The van der Waals surface area contributed by atoms with E-state index in [0.717, 1.165) is 6.07 Å². The number of ether oxygens (including phenoxy) is 1. The molecule has 0 N–H and O–H groups in total. The number of hydrogen-bond acceptors (Lipinski definition) is 2. The molecule has 0 aliphatic rings. The molecule has 0 saturated heterocycles. The highest BCUT2D eigenvalue weighted by molar-refractivity contribution is 9.10. The Labute approximate surface area is 117 Å². The quantitative estimate of drug-likeness (QED) is 0.790. The Morgan fingerprint density at radius 3 is 2.74 bits per heavy atom. The van der Waals surface area contributed by atoms with Crippen LogP contribution in [0.2, 0.25) is 0 Å². The summed E-state index contributed by atoms with van der Waals surface area (Å²) in [4.78, 5) is 10.8. The number of hydrogen-bond donors (Lipinski definition) is 0. The van der Waals surface area contributed by atoms with Crippen LogP contribution in [0.3, 0.4) is 0 Å². The van der Waals surface area contributed by atoms with Crippen LogP contribution in [0.4, 0.5) is 8.78 Å². The molecule has 19 heavy (non-hydrogen) atoms. The molecule has 0 bridgehead atoms. The summed E-state index contributed by atoms with van der Waals surface area (Å²) in [6.45, 7) is 0.0742. The van der Waals surface area contributed by atoms with Crippen LogP contribution in [0.5, 0.6) is 5.75 Å². The SMILES string of the molecule is O=Cc1cc(F)ccc1OCc1cccc(F)c1Br. The summed E-state index contributed by atoms with van der Waals surface area (Å²) < 4.78 is 32.0. The van der Waals surface area contributed by atoms with Gasteiger partial charge in [-0.2, -0.15) is 0 Å². The highest BCUT2D eigenvalue weighted by atomic mass is 79.9. The zero-order valence-corrected chi connectivity index (χ0v) is 11.3. The zero-order valence-electron chi connectivity index (χ0n) is 9.70. The summed E-state index contributed by atoms with van der Waals surface area (Å²) in [6.07, 6.45) is 0.513. The molecule has 0 aliphatic carbocycles. The van der Waals surface area contributed by atoms with Crippen LogP contribution in [-0.4, -0.2) is 6.29 Å². The Balaban J connectivity index is 2.19. The molecule has 0 aromatic heterocycles. The summed E-state index contributed by atoms with van der Waals surface area (Å²) >= 11 is 3.12. The van der Waals surface area contributed by atoms with Gasteiger partial charge in [-0.25, -0.2) is 8.78 Å². The molecule has 2 nitrogen and oxygen atoms in total. The Morgan fingerprint density at radius 2 is 2.00 bits per heavy atom. The van der Waals surface area contributed by atoms with E-state index in [1.165, 1.54) is 18.2 Å². The third-order valence-corrected chi connectivity index (χ3v) is 3.40. The minimum absolute atomic E-state index is 0.0742. The lowest BCUT2D eigenvalue weighted by Crippen LogP contribution is -2.00. The van der Waals surface area contributed by atoms with E-state index in [2.05, 4.69) is 15.9 Å². The summed E-state index contributed by atoms with van der Waals surface area (Å²) in [5.41, 5.74) is 0.716. The fraction of sp³-hybridized carbons (Fsp3) is 0.0714. The Hall–Kier alpha value is -1.75. The molecule has 5 heteroatoms. The first-order valence-corrected chi connectivity index (χ1v) is 6.21. The van der Waals surface area contributed by atoms with Crippen LogP contribution in [0.25, 0.3) is 0 Å². The molecule has 2 aromatic carbocycles. The normalized spacial score (nSPS) is 10.3. The van der Waals surface area contributed by atoms with Gasteiger partial charge in [-0.15, -0.1) is 0 Å². The number of carbonyl (C=O) groups excluding carboxylic acids is 1. The van der Waals surface area contributed by atoms with Gasteiger partial charge in [0.1, 0.15) is 24.0 Å². The third kappa shape index (κ3) is 3.17. The maximum absolute atomic E-state index is 13.3. The van der Waals surface area contributed by atoms with Crippen LogP contribution in [0.15, 0.2) is 40.9 Å². The van der Waals surface area contributed by atoms with Gasteiger partial charge >= 0.3 is 0 Å². The summed E-state index contributed by atoms with van der Waals surface area (Å²) in [7, 11) is 0. The first-order chi connectivity index (χ1) is 9.11. The van der Waals surface area contributed by atoms with Gasteiger partial charge in [-0.1, -0.05) is 12.1 Å². The highest BCUT2D eigenvalue weighted by Gasteiger charge is 2.08. The maximum Gasteiger partial charge on any atom is 0.153 e. The average Bonchev–Trinajstić information content (AvgIpc) is 2.41. The number of aldehydes is 1. The van der Waals surface area contributed by atoms with Crippen LogP contribution >= 0.6 is 15.9 Å². The Kier molecular flexibility index (Phi) is 4.27. The minimum Gasteiger partial charge on any atom is -0.488 e. The van der Waals surface area contributed by atoms with Crippen molar-refractivity contribution in [1.82, 2.24) is 0 Å². The third-order valence-electron chi connectivity index (χ3n) is 2.51. The monoisotopic (exact) mass is 326 g/mol. The van der Waals surface area contributed by atoms with Gasteiger partial charge < -0.3 is 4.74 Å². The van der Waals surface area contributed by atoms with Crippen LogP contribution in [0, 0.1) is 11.6 Å². The topological polar surface area (TPSA) is 26.3 Å². The molecule has 98 valence electrons. The molecule has 0 aliphatic heterocycles. The second-order valence-corrected chi connectivity index (χ2v) is 4.59. The lowest BCUT2D eigenvalue weighted by Gasteiger charge is -2.10. The molecule has 2 rings (SSSR count). The van der Waals surface area contributed by atoms with Gasteiger partial charge in [-0.3, -0.25) is 4.79 Å². The van der Waals surface area contributed by atoms with Gasteiger partial charge in [0.05, 0.1) is 10.0 Å². The van der Waals surface area contributed by atoms with Crippen molar-refractivity contribution < 1.29 is 18.3 Å². The molecular weight excluding hydrogens is 318 g/mol. The van der Waals surface area contributed by atoms with Crippen molar-refractivity contribution in [2.24, 2.45) is 0 Å². The van der Waals surface area contributed by atoms with Crippen molar-refractivity contribution in [3.63, 3.8) is 0 Å². The summed E-state index contributed by atoms with van der Waals surface area (Å²) in [5, 5.41) is 0. The largest absolute Gasteiger partial charge is 0.488 e. The lowest BCUT2D eigenvalue weighted by atomic mass is 10.2. The predicted molar refractivity (Wildman–Crippen MR) is 70.2 cm³/mol. The van der Waals surface area contributed by atoms with E-state index in [-0.39, 0.29) is 17.9 Å². The molecule has 0 atom stereocenters. The second-order valence-electron chi connectivity index (χ2n) is 3.80. The highest BCUT2D eigenvalue weighted by Crippen LogP contribution is 2.24. The van der Waals surface area contributed by atoms with Crippen molar-refractivity contribution >= 4 is 22.2 Å². The van der Waals surface area contributed by atoms with Gasteiger partial charge in [0.15, 0.2) is 6.29 Å². The van der Waals surface area contributed by atoms with Crippen molar-refractivity contribution in [2.75, 3.05) is 0 Å². The summed E-state index contributed by atoms with van der Waals surface area (Å²) in [5.74, 6) is -0.648. The van der Waals surface area contributed by atoms with Crippen molar-refractivity contribution in [1.29, 1.82) is 0 Å². The van der Waals surface area contributed by atoms with E-state index < -0.39 is 11.6 Å². The van der Waals surface area contributed by atoms with Crippen molar-refractivity contribution in [2.45, 2.75) is 6.61 Å². The molecular formula is C14H9BrF2O2.